The van der Waals surface area contributed by atoms with Crippen LogP contribution in [0.2, 0.25) is 0 Å². The molecule has 2 aliphatic heterocycles. The minimum absolute atomic E-state index is 0.0158. The molecule has 1 fully saturated rings. The predicted octanol–water partition coefficient (Wildman–Crippen LogP) is 3.74. The second-order valence-corrected chi connectivity index (χ2v) is 12.9. The van der Waals surface area contributed by atoms with Crippen molar-refractivity contribution < 1.29 is 9.32 Å². The van der Waals surface area contributed by atoms with Gasteiger partial charge in [-0.1, -0.05) is 0 Å². The van der Waals surface area contributed by atoms with Crippen LogP contribution in [-0.4, -0.2) is 16.7 Å². The molecule has 0 aromatic heterocycles. The van der Waals surface area contributed by atoms with E-state index in [2.05, 4.69) is 51.0 Å². The van der Waals surface area contributed by atoms with Crippen LogP contribution in [0.3, 0.4) is 0 Å². The summed E-state index contributed by atoms with van der Waals surface area (Å²) in [7, 11) is 0. The van der Waals surface area contributed by atoms with Gasteiger partial charge in [-0.3, -0.25) is 0 Å². The Balaban J connectivity index is 2.18. The molecule has 0 radical (unpaired) electrons. The molecule has 1 amide bonds. The van der Waals surface area contributed by atoms with Crippen molar-refractivity contribution in [1.82, 2.24) is 5.09 Å². The van der Waals surface area contributed by atoms with Crippen molar-refractivity contribution in [3.05, 3.63) is 60.2 Å². The van der Waals surface area contributed by atoms with Crippen molar-refractivity contribution in [2.75, 3.05) is 0 Å². The van der Waals surface area contributed by atoms with Crippen LogP contribution in [0.15, 0.2) is 54.6 Å². The quantitative estimate of drug-likeness (QED) is 0.803. The first kappa shape index (κ1) is 15.8. The molecule has 0 atom stereocenters. The van der Waals surface area contributed by atoms with E-state index in [1.807, 2.05) is 36.4 Å². The molecule has 3 nitrogen and oxygen atoms in total. The number of nitrogens with one attached hydrogen (secondary N) is 1. The Labute approximate surface area is 143 Å². The molecule has 4 heteroatoms. The van der Waals surface area contributed by atoms with Gasteiger partial charge in [0.1, 0.15) is 0 Å². The van der Waals surface area contributed by atoms with E-state index in [1.54, 1.807) is 0 Å². The van der Waals surface area contributed by atoms with Gasteiger partial charge < -0.3 is 0 Å². The molecule has 0 bridgehead atoms. The van der Waals surface area contributed by atoms with Gasteiger partial charge in [-0.25, -0.2) is 0 Å². The monoisotopic (exact) mass is 341 g/mol. The first-order valence-corrected chi connectivity index (χ1v) is 10.6. The second-order valence-electron chi connectivity index (χ2n) is 8.17. The van der Waals surface area contributed by atoms with Crippen LogP contribution in [0.5, 0.6) is 0 Å². The summed E-state index contributed by atoms with van der Waals surface area (Å²) in [6.45, 7) is 5.40. The van der Waals surface area contributed by atoms with Crippen LogP contribution in [0, 0.1) is 0 Å². The Bertz CT molecular complexity index is 846. The molecule has 0 saturated carbocycles. The number of carbonyl (C=O) groups excluding carboxylic acids is 1. The molecule has 1 spiro atoms. The van der Waals surface area contributed by atoms with E-state index in [0.717, 1.165) is 22.6 Å². The fourth-order valence-electron chi connectivity index (χ4n) is 5.06. The van der Waals surface area contributed by atoms with Gasteiger partial charge in [0.25, 0.3) is 0 Å². The number of amides is 1. The molecule has 1 saturated heterocycles. The molecule has 126 valence electrons. The van der Waals surface area contributed by atoms with Crippen molar-refractivity contribution in [2.45, 2.75) is 44.9 Å². The minimum atomic E-state index is -3.35. The number of carbonyl (C=O) groups is 1. The van der Waals surface area contributed by atoms with E-state index >= 15 is 0 Å². The van der Waals surface area contributed by atoms with Crippen LogP contribution in [0.25, 0.3) is 0 Å². The molecule has 2 aromatic rings. The average molecular weight is 341 g/mol. The summed E-state index contributed by atoms with van der Waals surface area (Å²) in [5, 5.41) is 5.40. The summed E-state index contributed by atoms with van der Waals surface area (Å²) in [4.78, 5) is 12.9. The van der Waals surface area contributed by atoms with Crippen LogP contribution in [-0.2, 0) is 4.52 Å². The van der Waals surface area contributed by atoms with Gasteiger partial charge in [0.05, 0.1) is 0 Å². The Morgan fingerprint density at radius 1 is 0.958 bits per heavy atom. The number of hydrogen-bond acceptors (Lipinski definition) is 2. The number of fused-ring (bicyclic) bond motifs is 2. The fourth-order valence-corrected chi connectivity index (χ4v) is 11.7. The van der Waals surface area contributed by atoms with Crippen LogP contribution in [0.4, 0.5) is 0 Å². The van der Waals surface area contributed by atoms with Crippen molar-refractivity contribution in [3.8, 4) is 0 Å². The second kappa shape index (κ2) is 4.47. The van der Waals surface area contributed by atoms with Gasteiger partial charge in [-0.2, -0.15) is 0 Å². The van der Waals surface area contributed by atoms with Crippen molar-refractivity contribution >= 4 is 23.5 Å². The Kier molecular flexibility index (Phi) is 2.95. The molecule has 2 heterocycles. The average Bonchev–Trinajstić information content (AvgIpc) is 2.88. The third kappa shape index (κ3) is 1.62. The van der Waals surface area contributed by atoms with Crippen molar-refractivity contribution in [1.29, 1.82) is 0 Å². The summed E-state index contributed by atoms with van der Waals surface area (Å²) in [5.41, 5.74) is 0.451. The zero-order valence-electron chi connectivity index (χ0n) is 14.7. The third-order valence-electron chi connectivity index (χ3n) is 5.62. The Hall–Kier alpha value is -1.70. The molecule has 2 aliphatic rings. The number of hydrogen-bond donors (Lipinski definition) is 1. The molecular formula is C20H24NO2P. The van der Waals surface area contributed by atoms with E-state index in [4.69, 9.17) is 4.52 Å². The van der Waals surface area contributed by atoms with Crippen LogP contribution >= 0.6 is 6.98 Å². The van der Waals surface area contributed by atoms with E-state index in [1.165, 1.54) is 0 Å². The normalized spacial score (nSPS) is 26.3. The van der Waals surface area contributed by atoms with Crippen LogP contribution in [0.1, 0.15) is 44.5 Å². The number of rotatable bonds is 1. The summed E-state index contributed by atoms with van der Waals surface area (Å²) in [6, 6.07) is 18.3. The van der Waals surface area contributed by atoms with Gasteiger partial charge in [-0.15, -0.1) is 0 Å². The fraction of sp³-hybridized carbons (Fsp3) is 0.350. The molecule has 0 aliphatic carbocycles. The predicted molar refractivity (Wildman–Crippen MR) is 100 cm³/mol. The van der Waals surface area contributed by atoms with E-state index in [0.29, 0.717) is 0 Å². The van der Waals surface area contributed by atoms with Gasteiger partial charge in [0, 0.05) is 0 Å². The van der Waals surface area contributed by atoms with E-state index < -0.39 is 6.98 Å². The van der Waals surface area contributed by atoms with Gasteiger partial charge in [0.15, 0.2) is 0 Å². The van der Waals surface area contributed by atoms with Gasteiger partial charge in [0.2, 0.25) is 0 Å². The zero-order valence-corrected chi connectivity index (χ0v) is 15.6. The van der Waals surface area contributed by atoms with Gasteiger partial charge in [-0.05, 0) is 0 Å². The maximum absolute atomic E-state index is 12.9. The summed E-state index contributed by atoms with van der Waals surface area (Å²) in [5.74, 6) is -0.0158. The molecule has 24 heavy (non-hydrogen) atoms. The zero-order chi connectivity index (χ0) is 17.2. The Morgan fingerprint density at radius 2 is 1.58 bits per heavy atom. The van der Waals surface area contributed by atoms with E-state index in [-0.39, 0.29) is 16.7 Å². The van der Waals surface area contributed by atoms with Crippen molar-refractivity contribution in [3.63, 3.8) is 0 Å². The summed E-state index contributed by atoms with van der Waals surface area (Å²) in [6.07, 6.45) is 0.890. The first-order chi connectivity index (χ1) is 11.2. The summed E-state index contributed by atoms with van der Waals surface area (Å²) >= 11 is 0. The molecule has 0 unspecified atom stereocenters. The van der Waals surface area contributed by atoms with E-state index in [9.17, 15) is 4.79 Å². The third-order valence-corrected chi connectivity index (χ3v) is 12.2. The SMILES string of the molecule is CC1(C)CC(C)(C)P2(c3ccccc3)(NC(=O)c3ccccc32)O1. The standard InChI is InChI=1S/C20H24NO2P/c1-19(2)14-20(3,4)24(23-19,15-10-6-5-7-11-15)17-13-9-8-12-16(17)18(22)21-24/h5-13H,14H2,1-4H3,(H,21,22). The molecular weight excluding hydrogens is 317 g/mol. The molecule has 4 rings (SSSR count). The van der Waals surface area contributed by atoms with Crippen LogP contribution < -0.4 is 15.7 Å². The molecule has 1 N–H and O–H groups in total. The Morgan fingerprint density at radius 3 is 2.21 bits per heavy atom. The maximum atomic E-state index is 12.9. The first-order valence-electron chi connectivity index (χ1n) is 8.43. The molecule has 2 aromatic carbocycles. The topological polar surface area (TPSA) is 38.3 Å². The van der Waals surface area contributed by atoms with Gasteiger partial charge >= 0.3 is 143 Å². The number of benzene rings is 2. The summed E-state index contributed by atoms with van der Waals surface area (Å²) < 4.78 is 6.98. The van der Waals surface area contributed by atoms with Crippen molar-refractivity contribution in [2.24, 2.45) is 0 Å².